The minimum absolute atomic E-state index is 0.0706. The number of fused-ring (bicyclic) bond motifs is 6. The number of anilines is 1. The Morgan fingerprint density at radius 3 is 3.11 bits per heavy atom. The molecule has 1 fully saturated rings. The van der Waals surface area contributed by atoms with Crippen molar-refractivity contribution in [3.63, 3.8) is 0 Å². The van der Waals surface area contributed by atoms with Gasteiger partial charge in [0.1, 0.15) is 5.69 Å². The molecule has 0 bridgehead atoms. The molecule has 3 heterocycles. The minimum atomic E-state index is -1.01. The van der Waals surface area contributed by atoms with Gasteiger partial charge in [0.25, 0.3) is 18.0 Å². The second-order valence-corrected chi connectivity index (χ2v) is 6.24. The van der Waals surface area contributed by atoms with Crippen LogP contribution in [0.25, 0.3) is 0 Å². The molecule has 6 nitrogen and oxygen atoms in total. The van der Waals surface area contributed by atoms with Crippen LogP contribution < -0.4 is 4.90 Å². The molecule has 4 rings (SSSR count). The molecule has 0 aromatic heterocycles. The van der Waals surface area contributed by atoms with Gasteiger partial charge in [-0.1, -0.05) is 12.1 Å². The van der Waals surface area contributed by atoms with Gasteiger partial charge in [-0.05, 0) is 17.7 Å². The number of carbonyl (C=O) groups excluding carboxylic acids is 1. The van der Waals surface area contributed by atoms with Crippen molar-refractivity contribution < 1.29 is 19.4 Å². The van der Waals surface area contributed by atoms with Crippen molar-refractivity contribution in [2.24, 2.45) is 5.28 Å². The minimum Gasteiger partial charge on any atom is -0.351 e. The second kappa shape index (κ2) is 3.71. The number of para-hydroxylation sites is 2. The Kier molecular flexibility index (Phi) is 2.19. The number of aliphatic hydroxyl groups is 1. The Labute approximate surface area is 113 Å². The third-order valence-corrected chi connectivity index (χ3v) is 5.06. The molecule has 4 atom stereocenters. The smallest absolute Gasteiger partial charge is 0.298 e. The summed E-state index contributed by atoms with van der Waals surface area (Å²) in [4.78, 5) is 19.1. The normalized spacial score (nSPS) is 35.4. The van der Waals surface area contributed by atoms with Crippen LogP contribution in [0.15, 0.2) is 29.5 Å². The number of carbonyl (C=O) groups is 1. The first-order valence-electron chi connectivity index (χ1n) is 6.10. The lowest BCUT2D eigenvalue weighted by Crippen LogP contribution is -2.51. The largest absolute Gasteiger partial charge is 0.351 e. The van der Waals surface area contributed by atoms with Crippen LogP contribution in [0.3, 0.4) is 0 Å². The number of hydrogen-bond donors (Lipinski definition) is 1. The summed E-state index contributed by atoms with van der Waals surface area (Å²) in [6, 6.07) is 7.20. The van der Waals surface area contributed by atoms with Gasteiger partial charge in [-0.15, -0.1) is 11.8 Å². The van der Waals surface area contributed by atoms with Gasteiger partial charge in [0, 0.05) is 6.07 Å². The van der Waals surface area contributed by atoms with Crippen molar-refractivity contribution in [3.8, 4) is 0 Å². The fourth-order valence-electron chi connectivity index (χ4n) is 2.80. The maximum absolute atomic E-state index is 12.3. The molecule has 98 valence electrons. The number of nitrogens with zero attached hydrogens (tertiary/aromatic N) is 3. The monoisotopic (exact) mass is 278 g/mol. The van der Waals surface area contributed by atoms with Crippen LogP contribution >= 0.6 is 11.8 Å². The van der Waals surface area contributed by atoms with E-state index in [4.69, 9.17) is 4.84 Å². The molecule has 0 saturated carbocycles. The van der Waals surface area contributed by atoms with E-state index in [1.807, 2.05) is 31.2 Å². The van der Waals surface area contributed by atoms with Crippen LogP contribution in [0, 0.1) is 0 Å². The molecule has 1 N–H and O–H groups in total. The van der Waals surface area contributed by atoms with E-state index >= 15 is 0 Å². The number of aliphatic hydroxyl groups excluding tert-OH is 1. The number of amides is 1. The Bertz CT molecular complexity index is 606. The first-order valence-corrected chi connectivity index (χ1v) is 7.04. The van der Waals surface area contributed by atoms with Crippen molar-refractivity contribution >= 4 is 29.0 Å². The Morgan fingerprint density at radius 1 is 1.47 bits per heavy atom. The van der Waals surface area contributed by atoms with E-state index in [-0.39, 0.29) is 22.6 Å². The molecule has 3 aliphatic heterocycles. The second-order valence-electron chi connectivity index (χ2n) is 4.78. The third-order valence-electron chi connectivity index (χ3n) is 3.68. The van der Waals surface area contributed by atoms with Crippen molar-refractivity contribution in [3.05, 3.63) is 24.3 Å². The van der Waals surface area contributed by atoms with Gasteiger partial charge in [0.15, 0.2) is 10.7 Å². The SMILES string of the molecule is CC1SC2C3C(O)ON=[N+]3c3ccccc3N2C1=O. The molecule has 7 heteroatoms. The van der Waals surface area contributed by atoms with Crippen LogP contribution in [0.1, 0.15) is 6.92 Å². The number of rotatable bonds is 0. The average molecular weight is 278 g/mol. The van der Waals surface area contributed by atoms with Crippen molar-refractivity contribution in [2.75, 3.05) is 4.90 Å². The summed E-state index contributed by atoms with van der Waals surface area (Å²) < 4.78 is 1.68. The van der Waals surface area contributed by atoms with E-state index in [1.165, 1.54) is 11.8 Å². The summed E-state index contributed by atoms with van der Waals surface area (Å²) in [6.45, 7) is 1.89. The van der Waals surface area contributed by atoms with E-state index < -0.39 is 6.29 Å². The van der Waals surface area contributed by atoms with Crippen LogP contribution in [-0.2, 0) is 9.63 Å². The molecule has 1 aromatic carbocycles. The lowest BCUT2D eigenvalue weighted by molar-refractivity contribution is -0.548. The third kappa shape index (κ3) is 1.34. The van der Waals surface area contributed by atoms with E-state index in [0.29, 0.717) is 0 Å². The Hall–Kier alpha value is -1.60. The Balaban J connectivity index is 1.94. The summed E-state index contributed by atoms with van der Waals surface area (Å²) in [5.41, 5.74) is 1.62. The number of benzene rings is 1. The molecule has 0 spiro atoms. The summed E-state index contributed by atoms with van der Waals surface area (Å²) >= 11 is 1.54. The van der Waals surface area contributed by atoms with Crippen LogP contribution in [-0.4, -0.2) is 38.7 Å². The Morgan fingerprint density at radius 2 is 2.26 bits per heavy atom. The van der Waals surface area contributed by atoms with Gasteiger partial charge in [-0.3, -0.25) is 9.69 Å². The van der Waals surface area contributed by atoms with E-state index in [2.05, 4.69) is 5.28 Å². The zero-order valence-corrected chi connectivity index (χ0v) is 10.9. The van der Waals surface area contributed by atoms with Gasteiger partial charge < -0.3 is 9.94 Å². The molecule has 0 aliphatic carbocycles. The molecule has 0 radical (unpaired) electrons. The topological polar surface area (TPSA) is 65.1 Å². The molecule has 1 amide bonds. The molecule has 4 unspecified atom stereocenters. The molecule has 19 heavy (non-hydrogen) atoms. The van der Waals surface area contributed by atoms with Gasteiger partial charge >= 0.3 is 0 Å². The highest BCUT2D eigenvalue weighted by molar-refractivity contribution is 8.02. The average Bonchev–Trinajstić information content (AvgIpc) is 2.93. The zero-order chi connectivity index (χ0) is 13.1. The van der Waals surface area contributed by atoms with Crippen LogP contribution in [0.5, 0.6) is 0 Å². The summed E-state index contributed by atoms with van der Waals surface area (Å²) in [5.74, 6) is 0.0706. The summed E-state index contributed by atoms with van der Waals surface area (Å²) in [7, 11) is 0. The standard InChI is InChI=1S/C12H12N3O3S/c1-6-10(16)14-7-4-2-3-5-8(7)15-9(11(14)19-6)12(17)18-13-15/h2-6,9,11-12,17H,1H3/q+1. The quantitative estimate of drug-likeness (QED) is 0.725. The number of hydrogen-bond acceptors (Lipinski definition) is 5. The predicted octanol–water partition coefficient (Wildman–Crippen LogP) is 1.22. The fourth-order valence-corrected chi connectivity index (χ4v) is 4.20. The zero-order valence-electron chi connectivity index (χ0n) is 10.1. The lowest BCUT2D eigenvalue weighted by Gasteiger charge is -2.29. The summed E-state index contributed by atoms with van der Waals surface area (Å²) in [6.07, 6.45) is -1.01. The number of thioether (sulfide) groups is 1. The van der Waals surface area contributed by atoms with Gasteiger partial charge in [0.2, 0.25) is 5.91 Å². The predicted molar refractivity (Wildman–Crippen MR) is 68.0 cm³/mol. The highest BCUT2D eigenvalue weighted by Crippen LogP contribution is 2.48. The molecular weight excluding hydrogens is 266 g/mol. The van der Waals surface area contributed by atoms with Gasteiger partial charge in [-0.2, -0.15) is 0 Å². The first kappa shape index (κ1) is 11.2. The van der Waals surface area contributed by atoms with Crippen molar-refractivity contribution in [1.29, 1.82) is 0 Å². The van der Waals surface area contributed by atoms with E-state index in [9.17, 15) is 9.90 Å². The molecular formula is C12H12N3O3S+. The van der Waals surface area contributed by atoms with Crippen molar-refractivity contribution in [1.82, 2.24) is 0 Å². The lowest BCUT2D eigenvalue weighted by atomic mass is 10.1. The molecule has 1 aromatic rings. The van der Waals surface area contributed by atoms with E-state index in [0.717, 1.165) is 11.4 Å². The van der Waals surface area contributed by atoms with Crippen molar-refractivity contribution in [2.45, 2.75) is 29.9 Å². The van der Waals surface area contributed by atoms with Gasteiger partial charge in [0.05, 0.1) is 5.25 Å². The summed E-state index contributed by atoms with van der Waals surface area (Å²) in [5, 5.41) is 13.6. The maximum Gasteiger partial charge on any atom is 0.298 e. The van der Waals surface area contributed by atoms with Crippen LogP contribution in [0.2, 0.25) is 0 Å². The molecule has 1 saturated heterocycles. The molecule has 3 aliphatic rings. The van der Waals surface area contributed by atoms with Crippen LogP contribution in [0.4, 0.5) is 11.4 Å². The highest BCUT2D eigenvalue weighted by Gasteiger charge is 2.60. The maximum atomic E-state index is 12.3. The first-order chi connectivity index (χ1) is 9.18. The fraction of sp³-hybridized carbons (Fsp3) is 0.417. The highest BCUT2D eigenvalue weighted by atomic mass is 32.2. The van der Waals surface area contributed by atoms with Gasteiger partial charge in [-0.25, -0.2) is 0 Å². The van der Waals surface area contributed by atoms with E-state index in [1.54, 1.807) is 9.60 Å².